The number of hydrogen-bond donors (Lipinski definition) is 2. The molecule has 0 radical (unpaired) electrons. The molecule has 0 aromatic heterocycles. The highest BCUT2D eigenvalue weighted by Crippen LogP contribution is 2.44. The third kappa shape index (κ3) is 4.27. The van der Waals surface area contributed by atoms with Gasteiger partial charge in [-0.3, -0.25) is 10.1 Å². The maximum absolute atomic E-state index is 12.6. The van der Waals surface area contributed by atoms with Gasteiger partial charge in [0.15, 0.2) is 0 Å². The third-order valence-corrected chi connectivity index (χ3v) is 5.93. The Morgan fingerprint density at radius 1 is 1.00 bits per heavy atom. The molecule has 3 aromatic rings. The van der Waals surface area contributed by atoms with Crippen LogP contribution in [0.3, 0.4) is 0 Å². The molecule has 0 saturated heterocycles. The Labute approximate surface area is 190 Å². The monoisotopic (exact) mass is 446 g/mol. The number of benzene rings is 3. The molecule has 33 heavy (non-hydrogen) atoms. The van der Waals surface area contributed by atoms with Crippen molar-refractivity contribution in [2.24, 2.45) is 0 Å². The summed E-state index contributed by atoms with van der Waals surface area (Å²) in [7, 11) is 0. The molecule has 0 spiro atoms. The van der Waals surface area contributed by atoms with Crippen molar-refractivity contribution < 1.29 is 24.4 Å². The average Bonchev–Trinajstić information content (AvgIpc) is 3.11. The van der Waals surface area contributed by atoms with Crippen LogP contribution in [-0.4, -0.2) is 34.2 Å². The van der Waals surface area contributed by atoms with E-state index < -0.39 is 22.5 Å². The molecule has 1 aliphatic rings. The Hall–Kier alpha value is -4.20. The minimum atomic E-state index is -1.80. The Kier molecular flexibility index (Phi) is 5.83. The Morgan fingerprint density at radius 3 is 2.12 bits per heavy atom. The fourth-order valence-corrected chi connectivity index (χ4v) is 4.25. The lowest BCUT2D eigenvalue weighted by atomic mass is 9.92. The lowest BCUT2D eigenvalue weighted by Gasteiger charge is -2.26. The number of carbonyl (C=O) groups excluding carboxylic acids is 1. The fraction of sp³-hybridized carbons (Fsp3) is 0.200. The maximum Gasteiger partial charge on any atom is 0.408 e. The SMILES string of the molecule is C[C@](Cc1ccccc1[N+](=O)[O-])(NC(=O)OCC1c2ccccc2-c2ccccc21)C(=O)O. The molecule has 8 nitrogen and oxygen atoms in total. The number of nitrogens with one attached hydrogen (secondary N) is 1. The van der Waals surface area contributed by atoms with E-state index in [1.54, 1.807) is 6.07 Å². The minimum Gasteiger partial charge on any atom is -0.480 e. The van der Waals surface area contributed by atoms with E-state index in [1.165, 1.54) is 25.1 Å². The molecule has 168 valence electrons. The second kappa shape index (κ2) is 8.74. The normalized spacial score (nSPS) is 14.0. The maximum atomic E-state index is 12.6. The molecule has 1 atom stereocenters. The predicted octanol–water partition coefficient (Wildman–Crippen LogP) is 4.52. The van der Waals surface area contributed by atoms with Gasteiger partial charge in [0.1, 0.15) is 12.1 Å². The summed E-state index contributed by atoms with van der Waals surface area (Å²) < 4.78 is 5.45. The summed E-state index contributed by atoms with van der Waals surface area (Å²) in [4.78, 5) is 35.3. The van der Waals surface area contributed by atoms with Crippen molar-refractivity contribution in [2.75, 3.05) is 6.61 Å². The Morgan fingerprint density at radius 2 is 1.55 bits per heavy atom. The number of hydrogen-bond acceptors (Lipinski definition) is 5. The summed E-state index contributed by atoms with van der Waals surface area (Å²) in [6, 6.07) is 21.6. The van der Waals surface area contributed by atoms with E-state index in [1.807, 2.05) is 48.5 Å². The van der Waals surface area contributed by atoms with Gasteiger partial charge in [-0.05, 0) is 29.2 Å². The second-order valence-corrected chi connectivity index (χ2v) is 8.15. The number of ether oxygens (including phenoxy) is 1. The highest BCUT2D eigenvalue weighted by molar-refractivity contribution is 5.84. The fourth-order valence-electron chi connectivity index (χ4n) is 4.25. The van der Waals surface area contributed by atoms with Crippen LogP contribution in [0.4, 0.5) is 10.5 Å². The quantitative estimate of drug-likeness (QED) is 0.407. The van der Waals surface area contributed by atoms with Gasteiger partial charge in [-0.1, -0.05) is 66.7 Å². The number of carboxylic acids is 1. The van der Waals surface area contributed by atoms with Gasteiger partial charge in [-0.2, -0.15) is 0 Å². The van der Waals surface area contributed by atoms with Crippen LogP contribution < -0.4 is 5.32 Å². The van der Waals surface area contributed by atoms with E-state index in [4.69, 9.17) is 4.74 Å². The number of nitrogens with zero attached hydrogens (tertiary/aromatic N) is 1. The molecule has 1 aliphatic carbocycles. The van der Waals surface area contributed by atoms with E-state index in [0.717, 1.165) is 22.3 Å². The van der Waals surface area contributed by atoms with Crippen LogP contribution in [0.15, 0.2) is 72.8 Å². The van der Waals surface area contributed by atoms with E-state index in [-0.39, 0.29) is 30.2 Å². The van der Waals surface area contributed by atoms with Crippen molar-refractivity contribution in [3.05, 3.63) is 99.6 Å². The first-order valence-electron chi connectivity index (χ1n) is 10.4. The third-order valence-electron chi connectivity index (χ3n) is 5.93. The number of carbonyl (C=O) groups is 2. The summed E-state index contributed by atoms with van der Waals surface area (Å²) in [5.74, 6) is -1.50. The summed E-state index contributed by atoms with van der Waals surface area (Å²) in [6.45, 7) is 1.33. The van der Waals surface area contributed by atoms with Gasteiger partial charge in [0.05, 0.1) is 4.92 Å². The first-order valence-corrected chi connectivity index (χ1v) is 10.4. The number of carboxylic acid groups (broad SMARTS) is 1. The summed E-state index contributed by atoms with van der Waals surface area (Å²) in [6.07, 6.45) is -1.18. The number of nitro benzene ring substituents is 1. The molecule has 0 saturated carbocycles. The van der Waals surface area contributed by atoms with E-state index in [2.05, 4.69) is 5.32 Å². The lowest BCUT2D eigenvalue weighted by molar-refractivity contribution is -0.385. The molecular weight excluding hydrogens is 424 g/mol. The first-order chi connectivity index (χ1) is 15.8. The van der Waals surface area contributed by atoms with Gasteiger partial charge in [0, 0.05) is 24.0 Å². The standard InChI is InChI=1S/C25H22N2O6/c1-25(23(28)29,14-16-8-2-7-13-22(16)27(31)32)26-24(30)33-15-21-19-11-5-3-9-17(19)18-10-4-6-12-20(18)21/h2-13,21H,14-15H2,1H3,(H,26,30)(H,28,29)/t25-/m1/s1. The molecule has 0 heterocycles. The van der Waals surface area contributed by atoms with Crippen molar-refractivity contribution in [3.63, 3.8) is 0 Å². The van der Waals surface area contributed by atoms with Gasteiger partial charge >= 0.3 is 12.1 Å². The van der Waals surface area contributed by atoms with Crippen LogP contribution in [0, 0.1) is 10.1 Å². The minimum absolute atomic E-state index is 0.0288. The smallest absolute Gasteiger partial charge is 0.408 e. The second-order valence-electron chi connectivity index (χ2n) is 8.15. The molecule has 8 heteroatoms. The zero-order chi connectivity index (χ0) is 23.6. The Balaban J connectivity index is 1.50. The topological polar surface area (TPSA) is 119 Å². The zero-order valence-electron chi connectivity index (χ0n) is 17.9. The van der Waals surface area contributed by atoms with Crippen molar-refractivity contribution in [1.82, 2.24) is 5.32 Å². The molecule has 4 rings (SSSR count). The van der Waals surface area contributed by atoms with Crippen LogP contribution in [0.25, 0.3) is 11.1 Å². The summed E-state index contributed by atoms with van der Waals surface area (Å²) in [5, 5.41) is 23.5. The predicted molar refractivity (Wildman–Crippen MR) is 121 cm³/mol. The van der Waals surface area contributed by atoms with Crippen molar-refractivity contribution in [1.29, 1.82) is 0 Å². The molecule has 0 bridgehead atoms. The number of para-hydroxylation sites is 1. The molecule has 0 fully saturated rings. The first kappa shape index (κ1) is 22.0. The Bertz CT molecular complexity index is 1200. The number of rotatable bonds is 7. The highest BCUT2D eigenvalue weighted by atomic mass is 16.6. The van der Waals surface area contributed by atoms with Gasteiger partial charge < -0.3 is 15.2 Å². The number of amides is 1. The van der Waals surface area contributed by atoms with E-state index in [9.17, 15) is 24.8 Å². The molecule has 0 aliphatic heterocycles. The van der Waals surface area contributed by atoms with Gasteiger partial charge in [0.2, 0.25) is 0 Å². The van der Waals surface area contributed by atoms with Gasteiger partial charge in [-0.15, -0.1) is 0 Å². The van der Waals surface area contributed by atoms with Crippen molar-refractivity contribution >= 4 is 17.7 Å². The number of fused-ring (bicyclic) bond motifs is 3. The number of alkyl carbamates (subject to hydrolysis) is 1. The number of nitro groups is 1. The van der Waals surface area contributed by atoms with Crippen molar-refractivity contribution in [2.45, 2.75) is 24.8 Å². The lowest BCUT2D eigenvalue weighted by Crippen LogP contribution is -2.54. The van der Waals surface area contributed by atoms with Crippen LogP contribution in [0.2, 0.25) is 0 Å². The van der Waals surface area contributed by atoms with Gasteiger partial charge in [0.25, 0.3) is 5.69 Å². The van der Waals surface area contributed by atoms with Gasteiger partial charge in [-0.25, -0.2) is 9.59 Å². The molecule has 0 unspecified atom stereocenters. The van der Waals surface area contributed by atoms with Crippen LogP contribution >= 0.6 is 0 Å². The van der Waals surface area contributed by atoms with Crippen LogP contribution in [-0.2, 0) is 16.0 Å². The summed E-state index contributed by atoms with van der Waals surface area (Å²) in [5.41, 5.74) is 2.42. The molecule has 1 amide bonds. The average molecular weight is 446 g/mol. The van der Waals surface area contributed by atoms with E-state index in [0.29, 0.717) is 0 Å². The highest BCUT2D eigenvalue weighted by Gasteiger charge is 2.38. The van der Waals surface area contributed by atoms with Crippen LogP contribution in [0.5, 0.6) is 0 Å². The van der Waals surface area contributed by atoms with E-state index >= 15 is 0 Å². The molecule has 3 aromatic carbocycles. The van der Waals surface area contributed by atoms with Crippen molar-refractivity contribution in [3.8, 4) is 11.1 Å². The number of aliphatic carboxylic acids is 1. The van der Waals surface area contributed by atoms with Crippen LogP contribution in [0.1, 0.15) is 29.5 Å². The molecule has 2 N–H and O–H groups in total. The molecular formula is C25H22N2O6. The summed E-state index contributed by atoms with van der Waals surface area (Å²) >= 11 is 0. The largest absolute Gasteiger partial charge is 0.480 e. The zero-order valence-corrected chi connectivity index (χ0v) is 17.9.